The fourth-order valence-electron chi connectivity index (χ4n) is 2.68. The number of carboxylic acids is 1. The molecule has 0 radical (unpaired) electrons. The average Bonchev–Trinajstić information content (AvgIpc) is 3.08. The molecule has 0 spiro atoms. The Hall–Kier alpha value is -2.86. The van der Waals surface area contributed by atoms with Gasteiger partial charge in [0.25, 0.3) is 0 Å². The molecule has 0 aliphatic heterocycles. The number of halogens is 1. The Morgan fingerprint density at radius 1 is 1.12 bits per heavy atom. The Bertz CT molecular complexity index is 924. The Kier molecular flexibility index (Phi) is 5.53. The molecule has 1 heterocycles. The predicted octanol–water partition coefficient (Wildman–Crippen LogP) is 4.32. The van der Waals surface area contributed by atoms with E-state index < -0.39 is 11.9 Å². The zero-order valence-electron chi connectivity index (χ0n) is 13.8. The third-order valence-corrected chi connectivity index (χ3v) is 4.87. The van der Waals surface area contributed by atoms with Crippen LogP contribution in [0.15, 0.2) is 60.0 Å². The highest BCUT2D eigenvalue weighted by Crippen LogP contribution is 2.26. The number of aromatic nitrogens is 1. The zero-order chi connectivity index (χ0) is 18.5. The molecule has 0 saturated heterocycles. The van der Waals surface area contributed by atoms with Gasteiger partial charge < -0.3 is 5.11 Å². The second-order valence-electron chi connectivity index (χ2n) is 5.88. The number of benzene rings is 2. The van der Waals surface area contributed by atoms with E-state index in [1.807, 2.05) is 0 Å². The van der Waals surface area contributed by atoms with Crippen molar-refractivity contribution >= 4 is 23.1 Å². The number of rotatable bonds is 7. The molecule has 0 amide bonds. The number of hydrogen-bond donors (Lipinski definition) is 1. The van der Waals surface area contributed by atoms with Crippen LogP contribution in [0, 0.1) is 5.82 Å². The molecule has 3 aromatic rings. The topological polar surface area (TPSA) is 67.3 Å². The number of thiazole rings is 1. The van der Waals surface area contributed by atoms with Crippen LogP contribution >= 0.6 is 11.3 Å². The molecule has 0 saturated carbocycles. The molecule has 0 bridgehead atoms. The number of Topliss-reactive ketones (excluding diaryl/α,β-unsaturated/α-hetero) is 1. The Morgan fingerprint density at radius 3 is 2.58 bits per heavy atom. The molecule has 0 aliphatic rings. The third kappa shape index (κ3) is 4.40. The third-order valence-electron chi connectivity index (χ3n) is 3.93. The summed E-state index contributed by atoms with van der Waals surface area (Å²) in [4.78, 5) is 28.2. The largest absolute Gasteiger partial charge is 0.481 e. The summed E-state index contributed by atoms with van der Waals surface area (Å²) < 4.78 is 13.3. The lowest BCUT2D eigenvalue weighted by atomic mass is 9.93. The van der Waals surface area contributed by atoms with Crippen LogP contribution in [0.2, 0.25) is 0 Å². The highest BCUT2D eigenvalue weighted by molar-refractivity contribution is 7.13. The van der Waals surface area contributed by atoms with Crippen molar-refractivity contribution in [3.8, 4) is 10.6 Å². The first-order chi connectivity index (χ1) is 12.5. The van der Waals surface area contributed by atoms with Crippen molar-refractivity contribution < 1.29 is 19.1 Å². The number of carbonyl (C=O) groups excluding carboxylic acids is 1. The van der Waals surface area contributed by atoms with Gasteiger partial charge in [-0.2, -0.15) is 0 Å². The molecular weight excluding hydrogens is 353 g/mol. The maximum atomic E-state index is 13.3. The first-order valence-corrected chi connectivity index (χ1v) is 8.90. The molecule has 4 nitrogen and oxygen atoms in total. The molecule has 2 aromatic carbocycles. The van der Waals surface area contributed by atoms with E-state index in [-0.39, 0.29) is 24.4 Å². The van der Waals surface area contributed by atoms with Gasteiger partial charge in [-0.05, 0) is 17.7 Å². The highest BCUT2D eigenvalue weighted by Gasteiger charge is 2.23. The fraction of sp³-hybridized carbons (Fsp3) is 0.150. The van der Waals surface area contributed by atoms with Crippen LogP contribution in [-0.4, -0.2) is 21.8 Å². The lowest BCUT2D eigenvalue weighted by molar-refractivity contribution is -0.140. The van der Waals surface area contributed by atoms with Crippen LogP contribution in [-0.2, 0) is 16.0 Å². The quantitative estimate of drug-likeness (QED) is 0.673. The maximum Gasteiger partial charge on any atom is 0.311 e. The first kappa shape index (κ1) is 17.9. The highest BCUT2D eigenvalue weighted by atomic mass is 32.1. The number of carbonyl (C=O) groups is 2. The smallest absolute Gasteiger partial charge is 0.311 e. The van der Waals surface area contributed by atoms with Crippen LogP contribution < -0.4 is 0 Å². The lowest BCUT2D eigenvalue weighted by Crippen LogP contribution is -2.17. The number of aliphatic carboxylic acids is 1. The van der Waals surface area contributed by atoms with E-state index in [1.165, 1.54) is 23.5 Å². The molecule has 6 heteroatoms. The molecule has 0 fully saturated rings. The van der Waals surface area contributed by atoms with Gasteiger partial charge in [0.1, 0.15) is 16.6 Å². The minimum absolute atomic E-state index is 0.0580. The SMILES string of the molecule is O=C(Cc1csc(-c2cccc(F)c2)n1)CC(C(=O)O)c1ccccc1. The molecule has 3 rings (SSSR count). The van der Waals surface area contributed by atoms with Crippen LogP contribution in [0.1, 0.15) is 23.6 Å². The normalized spacial score (nSPS) is 11.9. The van der Waals surface area contributed by atoms with Crippen LogP contribution in [0.5, 0.6) is 0 Å². The minimum atomic E-state index is -1.02. The summed E-state index contributed by atoms with van der Waals surface area (Å²) in [6, 6.07) is 14.8. The molecule has 132 valence electrons. The van der Waals surface area contributed by atoms with Crippen LogP contribution in [0.4, 0.5) is 4.39 Å². The van der Waals surface area contributed by atoms with E-state index in [0.717, 1.165) is 0 Å². The van der Waals surface area contributed by atoms with Gasteiger partial charge in [0.05, 0.1) is 11.6 Å². The van der Waals surface area contributed by atoms with Crippen LogP contribution in [0.3, 0.4) is 0 Å². The van der Waals surface area contributed by atoms with Gasteiger partial charge in [-0.3, -0.25) is 9.59 Å². The number of carboxylic acid groups (broad SMARTS) is 1. The summed E-state index contributed by atoms with van der Waals surface area (Å²) in [7, 11) is 0. The van der Waals surface area contributed by atoms with E-state index in [4.69, 9.17) is 0 Å². The molecule has 1 N–H and O–H groups in total. The second kappa shape index (κ2) is 8.01. The van der Waals surface area contributed by atoms with Gasteiger partial charge in [0.15, 0.2) is 0 Å². The fourth-order valence-corrected chi connectivity index (χ4v) is 3.49. The minimum Gasteiger partial charge on any atom is -0.481 e. The summed E-state index contributed by atoms with van der Waals surface area (Å²) in [6.45, 7) is 0. The van der Waals surface area contributed by atoms with Gasteiger partial charge in [-0.1, -0.05) is 42.5 Å². The summed E-state index contributed by atoms with van der Waals surface area (Å²) in [5, 5.41) is 11.8. The van der Waals surface area contributed by atoms with E-state index >= 15 is 0 Å². The molecule has 1 unspecified atom stereocenters. The Morgan fingerprint density at radius 2 is 1.88 bits per heavy atom. The Balaban J connectivity index is 1.69. The van der Waals surface area contributed by atoms with E-state index in [0.29, 0.717) is 21.8 Å². The van der Waals surface area contributed by atoms with Crippen molar-refractivity contribution in [3.05, 3.63) is 77.1 Å². The first-order valence-electron chi connectivity index (χ1n) is 8.02. The van der Waals surface area contributed by atoms with E-state index in [2.05, 4.69) is 4.98 Å². The van der Waals surface area contributed by atoms with Crippen LogP contribution in [0.25, 0.3) is 10.6 Å². The monoisotopic (exact) mass is 369 g/mol. The van der Waals surface area contributed by atoms with Crippen molar-refractivity contribution in [2.24, 2.45) is 0 Å². The maximum absolute atomic E-state index is 13.3. The van der Waals surface area contributed by atoms with Crippen molar-refractivity contribution in [2.75, 3.05) is 0 Å². The lowest BCUT2D eigenvalue weighted by Gasteiger charge is -2.11. The summed E-state index contributed by atoms with van der Waals surface area (Å²) >= 11 is 1.33. The molecular formula is C20H16FNO3S. The molecule has 26 heavy (non-hydrogen) atoms. The van der Waals surface area contributed by atoms with Gasteiger partial charge in [0.2, 0.25) is 0 Å². The Labute approximate surface area is 154 Å². The summed E-state index contributed by atoms with van der Waals surface area (Å²) in [5.74, 6) is -2.44. The second-order valence-corrected chi connectivity index (χ2v) is 6.73. The number of hydrogen-bond acceptors (Lipinski definition) is 4. The van der Waals surface area contributed by atoms with Gasteiger partial charge in [-0.25, -0.2) is 9.37 Å². The number of ketones is 1. The number of nitrogens with zero attached hydrogens (tertiary/aromatic N) is 1. The summed E-state index contributed by atoms with van der Waals surface area (Å²) in [5.41, 5.74) is 1.82. The zero-order valence-corrected chi connectivity index (χ0v) is 14.6. The van der Waals surface area contributed by atoms with Gasteiger partial charge in [0, 0.05) is 23.8 Å². The van der Waals surface area contributed by atoms with Crippen molar-refractivity contribution in [2.45, 2.75) is 18.8 Å². The van der Waals surface area contributed by atoms with Gasteiger partial charge >= 0.3 is 5.97 Å². The predicted molar refractivity (Wildman–Crippen MR) is 97.7 cm³/mol. The van der Waals surface area contributed by atoms with Crippen molar-refractivity contribution in [1.82, 2.24) is 4.98 Å². The molecule has 0 aliphatic carbocycles. The summed E-state index contributed by atoms with van der Waals surface area (Å²) in [6.07, 6.45) is -0.0331. The van der Waals surface area contributed by atoms with E-state index in [1.54, 1.807) is 47.8 Å². The van der Waals surface area contributed by atoms with E-state index in [9.17, 15) is 19.1 Å². The van der Waals surface area contributed by atoms with Crippen molar-refractivity contribution in [3.63, 3.8) is 0 Å². The van der Waals surface area contributed by atoms with Gasteiger partial charge in [-0.15, -0.1) is 11.3 Å². The van der Waals surface area contributed by atoms with Crippen molar-refractivity contribution in [1.29, 1.82) is 0 Å². The molecule has 1 aromatic heterocycles. The molecule has 1 atom stereocenters. The average molecular weight is 369 g/mol. The standard InChI is InChI=1S/C20H16FNO3S/c21-15-8-4-7-14(9-15)19-22-16(12-26-19)10-17(23)11-18(20(24)25)13-5-2-1-3-6-13/h1-9,12,18H,10-11H2,(H,24,25).